The van der Waals surface area contributed by atoms with Crippen LogP contribution in [0.1, 0.15) is 21.0 Å². The van der Waals surface area contributed by atoms with E-state index in [1.54, 1.807) is 12.1 Å². The minimum absolute atomic E-state index is 0.161. The molecule has 0 saturated heterocycles. The van der Waals surface area contributed by atoms with E-state index in [-0.39, 0.29) is 18.1 Å². The number of thiazole rings is 1. The van der Waals surface area contributed by atoms with Gasteiger partial charge in [0.15, 0.2) is 0 Å². The van der Waals surface area contributed by atoms with Gasteiger partial charge in [-0.1, -0.05) is 17.7 Å². The van der Waals surface area contributed by atoms with Crippen molar-refractivity contribution in [3.8, 4) is 11.3 Å². The van der Waals surface area contributed by atoms with Crippen molar-refractivity contribution >= 4 is 34.5 Å². The van der Waals surface area contributed by atoms with E-state index in [1.165, 1.54) is 23.5 Å². The molecule has 26 heavy (non-hydrogen) atoms. The molecule has 0 atom stereocenters. The number of hydrogen-bond acceptors (Lipinski definition) is 3. The second kappa shape index (κ2) is 7.56. The number of halogens is 2. The van der Waals surface area contributed by atoms with Crippen LogP contribution in [0.2, 0.25) is 5.02 Å². The lowest BCUT2D eigenvalue weighted by Gasteiger charge is -2.11. The lowest BCUT2D eigenvalue weighted by molar-refractivity contribution is -0.115. The molecule has 0 aliphatic heterocycles. The van der Waals surface area contributed by atoms with Gasteiger partial charge in [0.1, 0.15) is 5.82 Å². The number of aryl methyl sites for hydroxylation is 3. The molecule has 0 unspecified atom stereocenters. The van der Waals surface area contributed by atoms with E-state index in [1.807, 2.05) is 32.9 Å². The summed E-state index contributed by atoms with van der Waals surface area (Å²) in [6, 6.07) is 9.93. The molecule has 0 aliphatic carbocycles. The molecule has 3 aromatic rings. The van der Waals surface area contributed by atoms with Crippen LogP contribution >= 0.6 is 22.9 Å². The van der Waals surface area contributed by atoms with Gasteiger partial charge in [0, 0.05) is 10.4 Å². The standard InChI is InChI=1S/C20H18ClFN2OS/c1-11-8-12(2)19(16(21)9-11)24-18(25)10-17-20(23-13(3)26-17)14-4-6-15(22)7-5-14/h4-9H,10H2,1-3H3,(H,24,25). The fourth-order valence-corrected chi connectivity index (χ4v) is 4.15. The van der Waals surface area contributed by atoms with Crippen molar-refractivity contribution in [2.24, 2.45) is 0 Å². The maximum absolute atomic E-state index is 13.2. The topological polar surface area (TPSA) is 42.0 Å². The first kappa shape index (κ1) is 18.5. The van der Waals surface area contributed by atoms with Crippen molar-refractivity contribution in [1.82, 2.24) is 4.98 Å². The first-order valence-corrected chi connectivity index (χ1v) is 9.32. The Kier molecular flexibility index (Phi) is 5.39. The monoisotopic (exact) mass is 388 g/mol. The van der Waals surface area contributed by atoms with E-state index in [2.05, 4.69) is 10.3 Å². The van der Waals surface area contributed by atoms with Gasteiger partial charge in [0.25, 0.3) is 0 Å². The molecule has 0 bridgehead atoms. The first-order valence-electron chi connectivity index (χ1n) is 8.12. The zero-order chi connectivity index (χ0) is 18.8. The summed E-state index contributed by atoms with van der Waals surface area (Å²) in [5.74, 6) is -0.463. The van der Waals surface area contributed by atoms with E-state index in [0.29, 0.717) is 10.7 Å². The third-order valence-corrected chi connectivity index (χ3v) is 5.21. The molecule has 6 heteroatoms. The highest BCUT2D eigenvalue weighted by molar-refractivity contribution is 7.12. The normalized spacial score (nSPS) is 10.8. The number of carbonyl (C=O) groups excluding carboxylic acids is 1. The second-order valence-electron chi connectivity index (χ2n) is 6.18. The van der Waals surface area contributed by atoms with Crippen LogP contribution in [0.3, 0.4) is 0 Å². The van der Waals surface area contributed by atoms with Crippen molar-refractivity contribution in [2.45, 2.75) is 27.2 Å². The summed E-state index contributed by atoms with van der Waals surface area (Å²) in [7, 11) is 0. The highest BCUT2D eigenvalue weighted by Gasteiger charge is 2.16. The van der Waals surface area contributed by atoms with Crippen LogP contribution in [0, 0.1) is 26.6 Å². The smallest absolute Gasteiger partial charge is 0.229 e. The van der Waals surface area contributed by atoms with Gasteiger partial charge in [0.05, 0.1) is 27.8 Å². The average molecular weight is 389 g/mol. The Hall–Kier alpha value is -2.24. The van der Waals surface area contributed by atoms with Gasteiger partial charge in [-0.25, -0.2) is 9.37 Å². The maximum Gasteiger partial charge on any atom is 0.229 e. The Balaban J connectivity index is 1.83. The Labute approximate surface area is 160 Å². The summed E-state index contributed by atoms with van der Waals surface area (Å²) in [6.07, 6.45) is 0.182. The van der Waals surface area contributed by atoms with Crippen molar-refractivity contribution in [3.05, 3.63) is 68.2 Å². The van der Waals surface area contributed by atoms with Gasteiger partial charge in [-0.05, 0) is 62.2 Å². The molecular formula is C20H18ClFN2OS. The van der Waals surface area contributed by atoms with Crippen LogP contribution < -0.4 is 5.32 Å². The summed E-state index contributed by atoms with van der Waals surface area (Å²) in [4.78, 5) is 17.9. The Morgan fingerprint density at radius 1 is 1.19 bits per heavy atom. The molecule has 0 aliphatic rings. The van der Waals surface area contributed by atoms with Gasteiger partial charge < -0.3 is 5.32 Å². The number of aromatic nitrogens is 1. The second-order valence-corrected chi connectivity index (χ2v) is 7.87. The van der Waals surface area contributed by atoms with Crippen molar-refractivity contribution in [2.75, 3.05) is 5.32 Å². The number of carbonyl (C=O) groups is 1. The van der Waals surface area contributed by atoms with E-state index >= 15 is 0 Å². The van der Waals surface area contributed by atoms with E-state index in [4.69, 9.17) is 11.6 Å². The van der Waals surface area contributed by atoms with Crippen LogP contribution in [-0.2, 0) is 11.2 Å². The number of nitrogens with one attached hydrogen (secondary N) is 1. The minimum Gasteiger partial charge on any atom is -0.324 e. The summed E-state index contributed by atoms with van der Waals surface area (Å²) in [5, 5.41) is 4.28. The summed E-state index contributed by atoms with van der Waals surface area (Å²) >= 11 is 7.73. The average Bonchev–Trinajstić information content (AvgIpc) is 2.92. The fourth-order valence-electron chi connectivity index (χ4n) is 2.83. The van der Waals surface area contributed by atoms with Crippen LogP contribution in [0.4, 0.5) is 10.1 Å². The summed E-state index contributed by atoms with van der Waals surface area (Å²) in [5.41, 5.74) is 4.11. The molecule has 1 aromatic heterocycles. The molecule has 3 nitrogen and oxygen atoms in total. The fraction of sp³-hybridized carbons (Fsp3) is 0.200. The van der Waals surface area contributed by atoms with E-state index in [0.717, 1.165) is 32.3 Å². The van der Waals surface area contributed by atoms with Crippen LogP contribution in [0.15, 0.2) is 36.4 Å². The maximum atomic E-state index is 13.2. The van der Waals surface area contributed by atoms with Crippen LogP contribution in [-0.4, -0.2) is 10.9 Å². The van der Waals surface area contributed by atoms with Crippen molar-refractivity contribution in [1.29, 1.82) is 0 Å². The molecule has 1 N–H and O–H groups in total. The van der Waals surface area contributed by atoms with Crippen molar-refractivity contribution in [3.63, 3.8) is 0 Å². The minimum atomic E-state index is -0.301. The molecule has 0 radical (unpaired) electrons. The first-order chi connectivity index (χ1) is 12.3. The van der Waals surface area contributed by atoms with Crippen LogP contribution in [0.25, 0.3) is 11.3 Å². The Bertz CT molecular complexity index is 943. The van der Waals surface area contributed by atoms with Gasteiger partial charge in [-0.3, -0.25) is 4.79 Å². The number of anilines is 1. The van der Waals surface area contributed by atoms with Gasteiger partial charge >= 0.3 is 0 Å². The molecule has 1 amide bonds. The molecule has 0 saturated carbocycles. The molecule has 0 spiro atoms. The SMILES string of the molecule is Cc1cc(C)c(NC(=O)Cc2sc(C)nc2-c2ccc(F)cc2)c(Cl)c1. The van der Waals surface area contributed by atoms with Crippen LogP contribution in [0.5, 0.6) is 0 Å². The predicted octanol–water partition coefficient (Wildman–Crippen LogP) is 5.71. The number of benzene rings is 2. The summed E-state index contributed by atoms with van der Waals surface area (Å²) in [6.45, 7) is 5.76. The highest BCUT2D eigenvalue weighted by atomic mass is 35.5. The lowest BCUT2D eigenvalue weighted by Crippen LogP contribution is -2.15. The molecule has 1 heterocycles. The predicted molar refractivity (Wildman–Crippen MR) is 106 cm³/mol. The quantitative estimate of drug-likeness (QED) is 0.622. The number of amides is 1. The largest absolute Gasteiger partial charge is 0.324 e. The molecule has 0 fully saturated rings. The molecule has 2 aromatic carbocycles. The zero-order valence-electron chi connectivity index (χ0n) is 14.7. The van der Waals surface area contributed by atoms with Gasteiger partial charge in [0.2, 0.25) is 5.91 Å². The van der Waals surface area contributed by atoms with E-state index < -0.39 is 0 Å². The van der Waals surface area contributed by atoms with Gasteiger partial charge in [-0.2, -0.15) is 0 Å². The Morgan fingerprint density at radius 2 is 1.88 bits per heavy atom. The van der Waals surface area contributed by atoms with Gasteiger partial charge in [-0.15, -0.1) is 11.3 Å². The Morgan fingerprint density at radius 3 is 2.54 bits per heavy atom. The number of nitrogens with zero attached hydrogens (tertiary/aromatic N) is 1. The molecule has 134 valence electrons. The number of rotatable bonds is 4. The third-order valence-electron chi connectivity index (χ3n) is 3.94. The molecule has 3 rings (SSSR count). The lowest BCUT2D eigenvalue weighted by atomic mass is 10.1. The summed E-state index contributed by atoms with van der Waals surface area (Å²) < 4.78 is 13.2. The van der Waals surface area contributed by atoms with Crippen molar-refractivity contribution < 1.29 is 9.18 Å². The van der Waals surface area contributed by atoms with E-state index in [9.17, 15) is 9.18 Å². The highest BCUT2D eigenvalue weighted by Crippen LogP contribution is 2.30. The number of hydrogen-bond donors (Lipinski definition) is 1. The molecular weight excluding hydrogens is 371 g/mol. The zero-order valence-corrected chi connectivity index (χ0v) is 16.3. The third kappa shape index (κ3) is 4.11.